The maximum Gasteiger partial charge on any atom is 0.246 e. The van der Waals surface area contributed by atoms with Gasteiger partial charge in [0.15, 0.2) is 0 Å². The summed E-state index contributed by atoms with van der Waals surface area (Å²) in [7, 11) is 1.92. The maximum absolute atomic E-state index is 13.2. The van der Waals surface area contributed by atoms with Crippen molar-refractivity contribution in [2.24, 2.45) is 0 Å². The van der Waals surface area contributed by atoms with Crippen LogP contribution in [0.15, 0.2) is 66.7 Å². The van der Waals surface area contributed by atoms with Crippen molar-refractivity contribution in [2.75, 3.05) is 28.7 Å². The fourth-order valence-electron chi connectivity index (χ4n) is 3.75. The molecule has 0 unspecified atom stereocenters. The first-order chi connectivity index (χ1) is 13.5. The summed E-state index contributed by atoms with van der Waals surface area (Å²) >= 11 is 0. The molecule has 0 radical (unpaired) electrons. The van der Waals surface area contributed by atoms with Gasteiger partial charge in [-0.15, -0.1) is 0 Å². The largest absolute Gasteiger partial charge is 0.365 e. The summed E-state index contributed by atoms with van der Waals surface area (Å²) in [6, 6.07) is 21.6. The molecule has 0 aromatic heterocycles. The number of nitrogens with zero attached hydrogens (tertiary/aromatic N) is 2. The van der Waals surface area contributed by atoms with E-state index in [1.807, 2.05) is 61.3 Å². The number of carbonyl (C=O) groups is 2. The Morgan fingerprint density at radius 2 is 1.79 bits per heavy atom. The predicted molar refractivity (Wildman–Crippen MR) is 114 cm³/mol. The van der Waals surface area contributed by atoms with Gasteiger partial charge in [-0.2, -0.15) is 0 Å². The molecule has 5 nitrogen and oxygen atoms in total. The SMILES string of the molecule is C[C@@H]1CC(=O)Nc2ccccc2N1C(=O)CN(C)c1ccc2ccccc2c1. The summed E-state index contributed by atoms with van der Waals surface area (Å²) in [5.41, 5.74) is 2.41. The van der Waals surface area contributed by atoms with Crippen molar-refractivity contribution in [2.45, 2.75) is 19.4 Å². The topological polar surface area (TPSA) is 52.7 Å². The number of amides is 2. The molecule has 28 heavy (non-hydrogen) atoms. The van der Waals surface area contributed by atoms with E-state index in [0.29, 0.717) is 5.69 Å². The van der Waals surface area contributed by atoms with Crippen LogP contribution in [0.25, 0.3) is 10.8 Å². The van der Waals surface area contributed by atoms with Crippen molar-refractivity contribution in [1.82, 2.24) is 0 Å². The molecule has 0 bridgehead atoms. The first-order valence-electron chi connectivity index (χ1n) is 9.44. The summed E-state index contributed by atoms with van der Waals surface area (Å²) in [6.07, 6.45) is 0.278. The highest BCUT2D eigenvalue weighted by atomic mass is 16.2. The molecular formula is C23H23N3O2. The average molecular weight is 373 g/mol. The van der Waals surface area contributed by atoms with E-state index < -0.39 is 0 Å². The molecule has 1 aliphatic rings. The molecule has 2 amide bonds. The van der Waals surface area contributed by atoms with Crippen molar-refractivity contribution >= 4 is 39.6 Å². The van der Waals surface area contributed by atoms with Crippen LogP contribution in [0.3, 0.4) is 0 Å². The van der Waals surface area contributed by atoms with E-state index in [4.69, 9.17) is 0 Å². The lowest BCUT2D eigenvalue weighted by Gasteiger charge is -2.30. The van der Waals surface area contributed by atoms with Crippen LogP contribution in [0.4, 0.5) is 17.1 Å². The van der Waals surface area contributed by atoms with Crippen LogP contribution in [0.5, 0.6) is 0 Å². The molecule has 4 rings (SSSR count). The number of hydrogen-bond acceptors (Lipinski definition) is 3. The molecule has 0 fully saturated rings. The maximum atomic E-state index is 13.2. The minimum Gasteiger partial charge on any atom is -0.365 e. The number of likely N-dealkylation sites (N-methyl/N-ethyl adjacent to an activating group) is 1. The van der Waals surface area contributed by atoms with Crippen molar-refractivity contribution in [1.29, 1.82) is 0 Å². The van der Waals surface area contributed by atoms with Crippen molar-refractivity contribution in [3.05, 3.63) is 66.7 Å². The molecule has 3 aromatic rings. The van der Waals surface area contributed by atoms with E-state index in [9.17, 15) is 9.59 Å². The van der Waals surface area contributed by atoms with Crippen molar-refractivity contribution in [3.8, 4) is 0 Å². The number of nitrogens with one attached hydrogen (secondary N) is 1. The molecule has 5 heteroatoms. The van der Waals surface area contributed by atoms with Crippen LogP contribution in [0.1, 0.15) is 13.3 Å². The Morgan fingerprint density at radius 1 is 1.07 bits per heavy atom. The Balaban J connectivity index is 1.60. The number of fused-ring (bicyclic) bond motifs is 2. The van der Waals surface area contributed by atoms with E-state index in [2.05, 4.69) is 29.6 Å². The number of anilines is 3. The molecule has 0 saturated carbocycles. The number of rotatable bonds is 3. The second kappa shape index (κ2) is 7.35. The van der Waals surface area contributed by atoms with E-state index in [1.165, 1.54) is 5.39 Å². The smallest absolute Gasteiger partial charge is 0.246 e. The monoisotopic (exact) mass is 373 g/mol. The van der Waals surface area contributed by atoms with Crippen LogP contribution in [0.2, 0.25) is 0 Å². The fourth-order valence-corrected chi connectivity index (χ4v) is 3.75. The summed E-state index contributed by atoms with van der Waals surface area (Å²) in [5.74, 6) is -0.106. The molecule has 1 N–H and O–H groups in total. The normalized spacial score (nSPS) is 16.3. The standard InChI is InChI=1S/C23H23N3O2/c1-16-13-22(27)24-20-9-5-6-10-21(20)26(16)23(28)15-25(2)19-12-11-17-7-3-4-8-18(17)14-19/h3-12,14,16H,13,15H2,1-2H3,(H,24,27)/t16-/m1/s1. The lowest BCUT2D eigenvalue weighted by molar-refractivity contribution is -0.118. The van der Waals surface area contributed by atoms with Gasteiger partial charge in [0.25, 0.3) is 0 Å². The second-order valence-electron chi connectivity index (χ2n) is 7.27. The quantitative estimate of drug-likeness (QED) is 0.754. The van der Waals surface area contributed by atoms with Crippen LogP contribution < -0.4 is 15.1 Å². The average Bonchev–Trinajstić information content (AvgIpc) is 2.81. The highest BCUT2D eigenvalue weighted by molar-refractivity contribution is 6.05. The van der Waals surface area contributed by atoms with Gasteiger partial charge in [0, 0.05) is 25.2 Å². The van der Waals surface area contributed by atoms with Gasteiger partial charge in [0.05, 0.1) is 17.9 Å². The Labute approximate surface area is 164 Å². The Bertz CT molecular complexity index is 1050. The molecule has 0 spiro atoms. The Hall–Kier alpha value is -3.34. The van der Waals surface area contributed by atoms with Crippen LogP contribution in [0, 0.1) is 0 Å². The zero-order valence-electron chi connectivity index (χ0n) is 16.1. The second-order valence-corrected chi connectivity index (χ2v) is 7.27. The van der Waals surface area contributed by atoms with Gasteiger partial charge in [-0.05, 0) is 42.0 Å². The lowest BCUT2D eigenvalue weighted by atomic mass is 10.1. The number of benzene rings is 3. The highest BCUT2D eigenvalue weighted by Gasteiger charge is 2.29. The van der Waals surface area contributed by atoms with Gasteiger partial charge in [0.2, 0.25) is 11.8 Å². The fraction of sp³-hybridized carbons (Fsp3) is 0.217. The predicted octanol–water partition coefficient (Wildman–Crippen LogP) is 4.04. The first-order valence-corrected chi connectivity index (χ1v) is 9.44. The summed E-state index contributed by atoms with van der Waals surface area (Å²) in [6.45, 7) is 2.14. The van der Waals surface area contributed by atoms with Gasteiger partial charge in [-0.25, -0.2) is 0 Å². The third-order valence-corrected chi connectivity index (χ3v) is 5.17. The van der Waals surface area contributed by atoms with Gasteiger partial charge in [-0.1, -0.05) is 42.5 Å². The minimum atomic E-state index is -0.207. The van der Waals surface area contributed by atoms with Crippen molar-refractivity contribution < 1.29 is 9.59 Å². The van der Waals surface area contributed by atoms with E-state index >= 15 is 0 Å². The third-order valence-electron chi connectivity index (χ3n) is 5.17. The molecule has 1 aliphatic heterocycles. The van der Waals surface area contributed by atoms with Gasteiger partial charge in [0.1, 0.15) is 0 Å². The molecule has 1 heterocycles. The summed E-state index contributed by atoms with van der Waals surface area (Å²) in [4.78, 5) is 29.0. The van der Waals surface area contributed by atoms with Gasteiger partial charge >= 0.3 is 0 Å². The van der Waals surface area contributed by atoms with E-state index in [1.54, 1.807) is 4.90 Å². The van der Waals surface area contributed by atoms with E-state index in [-0.39, 0.29) is 30.8 Å². The number of para-hydroxylation sites is 2. The third kappa shape index (κ3) is 3.43. The zero-order chi connectivity index (χ0) is 19.7. The molecule has 3 aromatic carbocycles. The van der Waals surface area contributed by atoms with E-state index in [0.717, 1.165) is 16.8 Å². The Morgan fingerprint density at radius 3 is 2.61 bits per heavy atom. The van der Waals surface area contributed by atoms with Crippen LogP contribution >= 0.6 is 0 Å². The van der Waals surface area contributed by atoms with Crippen LogP contribution in [-0.2, 0) is 9.59 Å². The lowest BCUT2D eigenvalue weighted by Crippen LogP contribution is -2.44. The van der Waals surface area contributed by atoms with Gasteiger partial charge in [-0.3, -0.25) is 9.59 Å². The molecular weight excluding hydrogens is 350 g/mol. The molecule has 142 valence electrons. The number of hydrogen-bond donors (Lipinski definition) is 1. The van der Waals surface area contributed by atoms with Crippen molar-refractivity contribution in [3.63, 3.8) is 0 Å². The highest BCUT2D eigenvalue weighted by Crippen LogP contribution is 2.31. The van der Waals surface area contributed by atoms with Gasteiger partial charge < -0.3 is 15.1 Å². The summed E-state index contributed by atoms with van der Waals surface area (Å²) < 4.78 is 0. The summed E-state index contributed by atoms with van der Waals surface area (Å²) in [5, 5.41) is 5.21. The first kappa shape index (κ1) is 18.0. The molecule has 0 saturated heterocycles. The Kier molecular flexibility index (Phi) is 4.74. The zero-order valence-corrected chi connectivity index (χ0v) is 16.1. The molecule has 0 aliphatic carbocycles. The number of carbonyl (C=O) groups excluding carboxylic acids is 2. The molecule has 1 atom stereocenters. The van der Waals surface area contributed by atoms with Crippen LogP contribution in [-0.4, -0.2) is 31.4 Å². The minimum absolute atomic E-state index is 0.0351.